The summed E-state index contributed by atoms with van der Waals surface area (Å²) in [5, 5.41) is 12.0. The number of aliphatic hydroxyl groups is 1. The number of amides is 1. The van der Waals surface area contributed by atoms with Crippen LogP contribution in [0.5, 0.6) is 5.75 Å². The predicted octanol–water partition coefficient (Wildman–Crippen LogP) is 4.60. The van der Waals surface area contributed by atoms with Crippen molar-refractivity contribution in [1.29, 1.82) is 0 Å². The molecule has 1 aliphatic heterocycles. The number of ether oxygens (including phenoxy) is 2. The maximum absolute atomic E-state index is 13.7. The molecular formula is C29H30N2O4. The number of aliphatic hydroxyl groups excluding tert-OH is 1. The van der Waals surface area contributed by atoms with Crippen molar-refractivity contribution in [1.82, 2.24) is 5.32 Å². The standard InChI is InChI=1S/C29H30N2O4/c1-2-18-29(28(33)30-21-22-10-5-3-6-11-22)26(23-12-7-4-8-13-23)35-27(31-29)24-14-16-25(17-15-24)34-20-9-19-32/h2-8,10-17,26,32H,1,9,18-21H2,(H,30,33)/t26-,29-/m1/s1. The minimum absolute atomic E-state index is 0.0846. The summed E-state index contributed by atoms with van der Waals surface area (Å²) in [7, 11) is 0. The zero-order valence-electron chi connectivity index (χ0n) is 19.6. The van der Waals surface area contributed by atoms with Crippen LogP contribution in [0.4, 0.5) is 0 Å². The first-order valence-electron chi connectivity index (χ1n) is 11.7. The summed E-state index contributed by atoms with van der Waals surface area (Å²) >= 11 is 0. The van der Waals surface area contributed by atoms with E-state index >= 15 is 0 Å². The third kappa shape index (κ3) is 5.61. The van der Waals surface area contributed by atoms with E-state index < -0.39 is 11.6 Å². The van der Waals surface area contributed by atoms with Crippen molar-refractivity contribution in [3.05, 3.63) is 114 Å². The van der Waals surface area contributed by atoms with Crippen LogP contribution in [0, 0.1) is 0 Å². The van der Waals surface area contributed by atoms with Crippen molar-refractivity contribution in [2.75, 3.05) is 13.2 Å². The smallest absolute Gasteiger partial charge is 0.252 e. The molecule has 6 heteroatoms. The molecule has 0 fully saturated rings. The SMILES string of the molecule is C=CC[C@@]1(C(=O)NCc2ccccc2)N=C(c2ccc(OCCCO)cc2)O[C@@H]1c1ccccc1. The Hall–Kier alpha value is -3.90. The Morgan fingerprint density at radius 3 is 2.40 bits per heavy atom. The minimum atomic E-state index is -1.19. The third-order valence-corrected chi connectivity index (χ3v) is 5.88. The van der Waals surface area contributed by atoms with Gasteiger partial charge in [-0.3, -0.25) is 4.79 Å². The molecule has 0 saturated carbocycles. The van der Waals surface area contributed by atoms with E-state index in [9.17, 15) is 4.79 Å². The van der Waals surface area contributed by atoms with Crippen LogP contribution >= 0.6 is 0 Å². The summed E-state index contributed by atoms with van der Waals surface area (Å²) in [6.07, 6.45) is 2.00. The molecule has 0 radical (unpaired) electrons. The van der Waals surface area contributed by atoms with Gasteiger partial charge in [0.15, 0.2) is 11.6 Å². The fourth-order valence-corrected chi connectivity index (χ4v) is 4.09. The fraction of sp³-hybridized carbons (Fsp3) is 0.241. The number of hydrogen-bond acceptors (Lipinski definition) is 5. The zero-order valence-corrected chi connectivity index (χ0v) is 19.6. The molecular weight excluding hydrogens is 440 g/mol. The van der Waals surface area contributed by atoms with Gasteiger partial charge in [-0.1, -0.05) is 66.7 Å². The summed E-state index contributed by atoms with van der Waals surface area (Å²) < 4.78 is 12.0. The Morgan fingerprint density at radius 2 is 1.74 bits per heavy atom. The van der Waals surface area contributed by atoms with Gasteiger partial charge in [0.1, 0.15) is 5.75 Å². The molecule has 1 amide bonds. The lowest BCUT2D eigenvalue weighted by Gasteiger charge is -2.29. The molecule has 3 aromatic carbocycles. The number of aliphatic imine (C=N–C) groups is 1. The van der Waals surface area contributed by atoms with Crippen LogP contribution in [0.15, 0.2) is 103 Å². The lowest BCUT2D eigenvalue weighted by atomic mass is 9.84. The van der Waals surface area contributed by atoms with Gasteiger partial charge in [0.05, 0.1) is 6.61 Å². The molecule has 180 valence electrons. The van der Waals surface area contributed by atoms with E-state index in [1.165, 1.54) is 0 Å². The van der Waals surface area contributed by atoms with Crippen molar-refractivity contribution in [3.63, 3.8) is 0 Å². The number of nitrogens with zero attached hydrogens (tertiary/aromatic N) is 1. The largest absolute Gasteiger partial charge is 0.494 e. The summed E-state index contributed by atoms with van der Waals surface area (Å²) in [5.41, 5.74) is 1.43. The lowest BCUT2D eigenvalue weighted by Crippen LogP contribution is -2.47. The first-order valence-corrected chi connectivity index (χ1v) is 11.7. The number of carbonyl (C=O) groups excluding carboxylic acids is 1. The van der Waals surface area contributed by atoms with E-state index in [-0.39, 0.29) is 12.5 Å². The van der Waals surface area contributed by atoms with Crippen LogP contribution in [0.25, 0.3) is 0 Å². The van der Waals surface area contributed by atoms with Crippen molar-refractivity contribution in [3.8, 4) is 5.75 Å². The van der Waals surface area contributed by atoms with Crippen LogP contribution in [0.1, 0.15) is 35.6 Å². The van der Waals surface area contributed by atoms with Crippen molar-refractivity contribution >= 4 is 11.8 Å². The molecule has 1 aliphatic rings. The Balaban J connectivity index is 1.64. The quantitative estimate of drug-likeness (QED) is 0.317. The van der Waals surface area contributed by atoms with Gasteiger partial charge in [-0.05, 0) is 35.4 Å². The monoisotopic (exact) mass is 470 g/mol. The molecule has 0 aliphatic carbocycles. The molecule has 2 atom stereocenters. The second kappa shape index (κ2) is 11.5. The fourth-order valence-electron chi connectivity index (χ4n) is 4.09. The highest BCUT2D eigenvalue weighted by Gasteiger charge is 2.52. The first-order chi connectivity index (χ1) is 17.2. The number of benzene rings is 3. The molecule has 35 heavy (non-hydrogen) atoms. The molecule has 2 N–H and O–H groups in total. The van der Waals surface area contributed by atoms with Crippen LogP contribution in [-0.2, 0) is 16.1 Å². The molecule has 0 aromatic heterocycles. The number of rotatable bonds is 11. The van der Waals surface area contributed by atoms with E-state index in [1.807, 2.05) is 84.9 Å². The summed E-state index contributed by atoms with van der Waals surface area (Å²) in [6.45, 7) is 4.82. The lowest BCUT2D eigenvalue weighted by molar-refractivity contribution is -0.129. The maximum atomic E-state index is 13.7. The second-order valence-corrected chi connectivity index (χ2v) is 8.36. The summed E-state index contributed by atoms with van der Waals surface area (Å²) in [5.74, 6) is 0.880. The van der Waals surface area contributed by atoms with E-state index in [1.54, 1.807) is 6.08 Å². The Kier molecular flexibility index (Phi) is 7.95. The molecule has 6 nitrogen and oxygen atoms in total. The van der Waals surface area contributed by atoms with Gasteiger partial charge in [-0.2, -0.15) is 0 Å². The highest BCUT2D eigenvalue weighted by molar-refractivity contribution is 6.01. The van der Waals surface area contributed by atoms with E-state index in [4.69, 9.17) is 19.6 Å². The van der Waals surface area contributed by atoms with Gasteiger partial charge >= 0.3 is 0 Å². The van der Waals surface area contributed by atoms with Crippen LogP contribution < -0.4 is 10.1 Å². The first kappa shape index (κ1) is 24.2. The molecule has 0 saturated heterocycles. The van der Waals surface area contributed by atoms with Gasteiger partial charge in [0, 0.05) is 31.6 Å². The Labute approximate surface area is 205 Å². The molecule has 0 bridgehead atoms. The van der Waals surface area contributed by atoms with Gasteiger partial charge in [0.2, 0.25) is 5.90 Å². The van der Waals surface area contributed by atoms with Crippen molar-refractivity contribution in [2.24, 2.45) is 4.99 Å². The van der Waals surface area contributed by atoms with E-state index in [2.05, 4.69) is 11.9 Å². The summed E-state index contributed by atoms with van der Waals surface area (Å²) in [6, 6.07) is 26.8. The molecule has 1 heterocycles. The van der Waals surface area contributed by atoms with E-state index in [0.29, 0.717) is 37.6 Å². The average molecular weight is 471 g/mol. The highest BCUT2D eigenvalue weighted by Crippen LogP contribution is 2.42. The maximum Gasteiger partial charge on any atom is 0.252 e. The molecule has 0 unspecified atom stereocenters. The summed E-state index contributed by atoms with van der Waals surface area (Å²) in [4.78, 5) is 18.6. The average Bonchev–Trinajstić information content (AvgIpc) is 3.30. The zero-order chi connectivity index (χ0) is 24.5. The van der Waals surface area contributed by atoms with Crippen molar-refractivity contribution < 1.29 is 19.4 Å². The molecule has 3 aromatic rings. The van der Waals surface area contributed by atoms with Gasteiger partial charge < -0.3 is 19.9 Å². The number of carbonyl (C=O) groups is 1. The van der Waals surface area contributed by atoms with Crippen LogP contribution in [0.2, 0.25) is 0 Å². The number of nitrogens with one attached hydrogen (secondary N) is 1. The Bertz CT molecular complexity index is 1150. The predicted molar refractivity (Wildman–Crippen MR) is 136 cm³/mol. The minimum Gasteiger partial charge on any atom is -0.494 e. The third-order valence-electron chi connectivity index (χ3n) is 5.88. The molecule has 0 spiro atoms. The second-order valence-electron chi connectivity index (χ2n) is 8.36. The molecule has 4 rings (SSSR count). The number of hydrogen-bond donors (Lipinski definition) is 2. The van der Waals surface area contributed by atoms with Crippen LogP contribution in [-0.4, -0.2) is 35.7 Å². The van der Waals surface area contributed by atoms with Gasteiger partial charge in [-0.25, -0.2) is 4.99 Å². The van der Waals surface area contributed by atoms with Crippen LogP contribution in [0.3, 0.4) is 0 Å². The van der Waals surface area contributed by atoms with Gasteiger partial charge in [0.25, 0.3) is 5.91 Å². The normalized spacial score (nSPS) is 18.9. The van der Waals surface area contributed by atoms with Crippen molar-refractivity contribution in [2.45, 2.75) is 31.0 Å². The van der Waals surface area contributed by atoms with E-state index in [0.717, 1.165) is 16.7 Å². The topological polar surface area (TPSA) is 80.2 Å². The van der Waals surface area contributed by atoms with Gasteiger partial charge in [-0.15, -0.1) is 6.58 Å². The Morgan fingerprint density at radius 1 is 1.06 bits per heavy atom. The highest BCUT2D eigenvalue weighted by atomic mass is 16.5.